The molecule has 21 heavy (non-hydrogen) atoms. The van der Waals surface area contributed by atoms with E-state index in [0.29, 0.717) is 35.5 Å². The minimum Gasteiger partial charge on any atom is -0.462 e. The van der Waals surface area contributed by atoms with Crippen molar-refractivity contribution in [2.75, 3.05) is 18.5 Å². The molecule has 112 valence electrons. The molecule has 0 radical (unpaired) electrons. The summed E-state index contributed by atoms with van der Waals surface area (Å²) >= 11 is 0. The van der Waals surface area contributed by atoms with Gasteiger partial charge in [0, 0.05) is 24.2 Å². The fourth-order valence-corrected chi connectivity index (χ4v) is 2.13. The van der Waals surface area contributed by atoms with Crippen LogP contribution in [0.3, 0.4) is 0 Å². The Kier molecular flexibility index (Phi) is 4.73. The van der Waals surface area contributed by atoms with E-state index in [0.717, 1.165) is 11.8 Å². The van der Waals surface area contributed by atoms with Crippen LogP contribution in [-0.2, 0) is 4.74 Å². The maximum absolute atomic E-state index is 13.7. The molecule has 0 fully saturated rings. The number of nitrogens with zero attached hydrogens (tertiary/aromatic N) is 1. The van der Waals surface area contributed by atoms with Crippen LogP contribution in [0.15, 0.2) is 18.3 Å². The molecule has 0 atom stereocenters. The molecule has 2 rings (SSSR count). The standard InChI is InChI=1S/C16H19FN2O2/c1-4-6-18-15-11-7-10(3)13(17)8-14(11)19-9-12(15)16(20)21-5-2/h7-9H,4-6H2,1-3H3,(H,18,19). The molecule has 0 unspecified atom stereocenters. The predicted molar refractivity (Wildman–Crippen MR) is 81.2 cm³/mol. The van der Waals surface area contributed by atoms with Crippen LogP contribution in [0.4, 0.5) is 10.1 Å². The highest BCUT2D eigenvalue weighted by Gasteiger charge is 2.17. The molecule has 1 aromatic heterocycles. The molecule has 0 aliphatic heterocycles. The summed E-state index contributed by atoms with van der Waals surface area (Å²) in [5, 5.41) is 3.96. The second-order valence-electron chi connectivity index (χ2n) is 4.81. The second kappa shape index (κ2) is 6.52. The Bertz CT molecular complexity index is 671. The van der Waals surface area contributed by atoms with E-state index in [2.05, 4.69) is 10.3 Å². The summed E-state index contributed by atoms with van der Waals surface area (Å²) in [6, 6.07) is 3.09. The van der Waals surface area contributed by atoms with Gasteiger partial charge >= 0.3 is 5.97 Å². The van der Waals surface area contributed by atoms with E-state index >= 15 is 0 Å². The average molecular weight is 290 g/mol. The Labute approximate surface area is 123 Å². The molecular weight excluding hydrogens is 271 g/mol. The Morgan fingerprint density at radius 2 is 2.14 bits per heavy atom. The number of hydrogen-bond acceptors (Lipinski definition) is 4. The number of rotatable bonds is 5. The molecule has 5 heteroatoms. The zero-order chi connectivity index (χ0) is 15.4. The Balaban J connectivity index is 2.63. The highest BCUT2D eigenvalue weighted by Crippen LogP contribution is 2.28. The largest absolute Gasteiger partial charge is 0.462 e. The normalized spacial score (nSPS) is 10.7. The Morgan fingerprint density at radius 1 is 1.38 bits per heavy atom. The molecule has 1 N–H and O–H groups in total. The zero-order valence-corrected chi connectivity index (χ0v) is 12.5. The summed E-state index contributed by atoms with van der Waals surface area (Å²) in [4.78, 5) is 16.2. The Hall–Kier alpha value is -2.17. The molecule has 0 amide bonds. The number of hydrogen-bond donors (Lipinski definition) is 1. The summed E-state index contributed by atoms with van der Waals surface area (Å²) < 4.78 is 18.7. The van der Waals surface area contributed by atoms with E-state index < -0.39 is 5.97 Å². The molecule has 0 saturated carbocycles. The summed E-state index contributed by atoms with van der Waals surface area (Å²) in [6.45, 7) is 6.49. The molecule has 1 heterocycles. The van der Waals surface area contributed by atoms with Crippen LogP contribution in [0, 0.1) is 12.7 Å². The predicted octanol–water partition coefficient (Wildman–Crippen LogP) is 3.68. The van der Waals surface area contributed by atoms with Gasteiger partial charge in [0.1, 0.15) is 11.4 Å². The van der Waals surface area contributed by atoms with Crippen molar-refractivity contribution in [3.63, 3.8) is 0 Å². The highest BCUT2D eigenvalue weighted by atomic mass is 19.1. The SMILES string of the molecule is CCCNc1c(C(=O)OCC)cnc2cc(F)c(C)cc12. The van der Waals surface area contributed by atoms with Gasteiger partial charge in [-0.05, 0) is 31.9 Å². The minimum atomic E-state index is -0.424. The minimum absolute atomic E-state index is 0.298. The molecule has 0 spiro atoms. The summed E-state index contributed by atoms with van der Waals surface area (Å²) in [5.41, 5.74) is 2.07. The molecular formula is C16H19FN2O2. The summed E-state index contributed by atoms with van der Waals surface area (Å²) in [7, 11) is 0. The third-order valence-corrected chi connectivity index (χ3v) is 3.20. The third-order valence-electron chi connectivity index (χ3n) is 3.20. The lowest BCUT2D eigenvalue weighted by molar-refractivity contribution is 0.0527. The number of ether oxygens (including phenoxy) is 1. The molecule has 0 bridgehead atoms. The zero-order valence-electron chi connectivity index (χ0n) is 12.5. The number of esters is 1. The van der Waals surface area contributed by atoms with Crippen LogP contribution in [0.25, 0.3) is 10.9 Å². The smallest absolute Gasteiger partial charge is 0.341 e. The van der Waals surface area contributed by atoms with Gasteiger partial charge in [-0.15, -0.1) is 0 Å². The van der Waals surface area contributed by atoms with Crippen LogP contribution in [-0.4, -0.2) is 24.1 Å². The van der Waals surface area contributed by atoms with E-state index in [4.69, 9.17) is 4.74 Å². The fourth-order valence-electron chi connectivity index (χ4n) is 2.13. The van der Waals surface area contributed by atoms with Gasteiger partial charge in [-0.3, -0.25) is 4.98 Å². The van der Waals surface area contributed by atoms with Gasteiger partial charge in [-0.2, -0.15) is 0 Å². The van der Waals surface area contributed by atoms with Crippen molar-refractivity contribution in [3.8, 4) is 0 Å². The van der Waals surface area contributed by atoms with Crippen molar-refractivity contribution in [1.82, 2.24) is 4.98 Å². The number of anilines is 1. The number of aromatic nitrogens is 1. The quantitative estimate of drug-likeness (QED) is 0.853. The molecule has 2 aromatic rings. The van der Waals surface area contributed by atoms with Crippen molar-refractivity contribution < 1.29 is 13.9 Å². The van der Waals surface area contributed by atoms with Crippen molar-refractivity contribution in [2.24, 2.45) is 0 Å². The van der Waals surface area contributed by atoms with Gasteiger partial charge in [0.05, 0.1) is 17.8 Å². The van der Waals surface area contributed by atoms with Crippen LogP contribution in [0.1, 0.15) is 36.2 Å². The van der Waals surface area contributed by atoms with Crippen LogP contribution >= 0.6 is 0 Å². The summed E-state index contributed by atoms with van der Waals surface area (Å²) in [5.74, 6) is -0.729. The average Bonchev–Trinajstić information content (AvgIpc) is 2.46. The second-order valence-corrected chi connectivity index (χ2v) is 4.81. The van der Waals surface area contributed by atoms with Crippen molar-refractivity contribution in [3.05, 3.63) is 35.3 Å². The van der Waals surface area contributed by atoms with Crippen LogP contribution in [0.5, 0.6) is 0 Å². The van der Waals surface area contributed by atoms with E-state index in [1.54, 1.807) is 19.9 Å². The van der Waals surface area contributed by atoms with Crippen molar-refractivity contribution in [2.45, 2.75) is 27.2 Å². The van der Waals surface area contributed by atoms with Gasteiger partial charge in [-0.25, -0.2) is 9.18 Å². The van der Waals surface area contributed by atoms with Crippen molar-refractivity contribution >= 4 is 22.6 Å². The number of fused-ring (bicyclic) bond motifs is 1. The number of pyridine rings is 1. The molecule has 0 aliphatic carbocycles. The monoisotopic (exact) mass is 290 g/mol. The molecule has 0 saturated heterocycles. The van der Waals surface area contributed by atoms with Gasteiger partial charge < -0.3 is 10.1 Å². The lowest BCUT2D eigenvalue weighted by Gasteiger charge is -2.14. The van der Waals surface area contributed by atoms with Crippen molar-refractivity contribution in [1.29, 1.82) is 0 Å². The first-order valence-corrected chi connectivity index (χ1v) is 7.08. The first-order valence-electron chi connectivity index (χ1n) is 7.08. The summed E-state index contributed by atoms with van der Waals surface area (Å²) in [6.07, 6.45) is 2.35. The van der Waals surface area contributed by atoms with Gasteiger partial charge in [0.2, 0.25) is 0 Å². The van der Waals surface area contributed by atoms with E-state index in [1.165, 1.54) is 12.3 Å². The Morgan fingerprint density at radius 3 is 2.81 bits per heavy atom. The number of benzene rings is 1. The lowest BCUT2D eigenvalue weighted by Crippen LogP contribution is -2.11. The van der Waals surface area contributed by atoms with E-state index in [9.17, 15) is 9.18 Å². The lowest BCUT2D eigenvalue weighted by atomic mass is 10.1. The first kappa shape index (κ1) is 15.2. The van der Waals surface area contributed by atoms with Gasteiger partial charge in [0.15, 0.2) is 0 Å². The highest BCUT2D eigenvalue weighted by molar-refractivity contribution is 6.05. The van der Waals surface area contributed by atoms with E-state index in [-0.39, 0.29) is 5.82 Å². The maximum Gasteiger partial charge on any atom is 0.341 e. The van der Waals surface area contributed by atoms with Gasteiger partial charge in [-0.1, -0.05) is 6.92 Å². The number of nitrogens with one attached hydrogen (secondary N) is 1. The number of aryl methyl sites for hydroxylation is 1. The molecule has 1 aromatic carbocycles. The maximum atomic E-state index is 13.7. The fraction of sp³-hybridized carbons (Fsp3) is 0.375. The van der Waals surface area contributed by atoms with E-state index in [1.807, 2.05) is 6.92 Å². The topological polar surface area (TPSA) is 51.2 Å². The first-order chi connectivity index (χ1) is 10.1. The molecule has 4 nitrogen and oxygen atoms in total. The van der Waals surface area contributed by atoms with Crippen LogP contribution in [0.2, 0.25) is 0 Å². The number of carbonyl (C=O) groups is 1. The third kappa shape index (κ3) is 3.12. The van der Waals surface area contributed by atoms with Gasteiger partial charge in [0.25, 0.3) is 0 Å². The molecule has 0 aliphatic rings. The number of carbonyl (C=O) groups excluding carboxylic acids is 1. The van der Waals surface area contributed by atoms with Crippen LogP contribution < -0.4 is 5.32 Å². The number of halogens is 1.